The number of carbonyl (C=O) groups excluding carboxylic acids is 1. The standard InChI is InChI=1S/C7H9F4NO4/c1-16-5(13)3-2-4-6(8,12(14)15)7(9,10)11/h2-4H2,1H3. The Morgan fingerprint density at radius 1 is 1.38 bits per heavy atom. The Labute approximate surface area is 87.5 Å². The first-order valence-corrected chi connectivity index (χ1v) is 4.12. The zero-order valence-electron chi connectivity index (χ0n) is 8.21. The van der Waals surface area contributed by atoms with E-state index in [1.54, 1.807) is 0 Å². The summed E-state index contributed by atoms with van der Waals surface area (Å²) in [7, 11) is 1.00. The minimum absolute atomic E-state index is 0.508. The highest BCUT2D eigenvalue weighted by Crippen LogP contribution is 2.38. The quantitative estimate of drug-likeness (QED) is 0.244. The molecule has 0 N–H and O–H groups in total. The molecule has 1 unspecified atom stereocenters. The molecule has 9 heteroatoms. The van der Waals surface area contributed by atoms with E-state index in [-0.39, 0.29) is 0 Å². The average Bonchev–Trinajstić information content (AvgIpc) is 2.15. The summed E-state index contributed by atoms with van der Waals surface area (Å²) < 4.78 is 53.2. The van der Waals surface area contributed by atoms with E-state index >= 15 is 0 Å². The van der Waals surface area contributed by atoms with Crippen LogP contribution in [0.4, 0.5) is 17.6 Å². The molecule has 0 amide bonds. The van der Waals surface area contributed by atoms with Gasteiger partial charge in [0.2, 0.25) is 0 Å². The first-order valence-electron chi connectivity index (χ1n) is 4.12. The van der Waals surface area contributed by atoms with Gasteiger partial charge in [-0.25, -0.2) is 0 Å². The Kier molecular flexibility index (Phi) is 4.63. The lowest BCUT2D eigenvalue weighted by molar-refractivity contribution is -0.650. The molecule has 16 heavy (non-hydrogen) atoms. The highest BCUT2D eigenvalue weighted by molar-refractivity contribution is 5.68. The van der Waals surface area contributed by atoms with Gasteiger partial charge in [-0.05, 0) is 6.42 Å². The number of carbonyl (C=O) groups is 1. The Morgan fingerprint density at radius 3 is 2.19 bits per heavy atom. The van der Waals surface area contributed by atoms with E-state index in [9.17, 15) is 32.5 Å². The van der Waals surface area contributed by atoms with Crippen molar-refractivity contribution in [1.82, 2.24) is 0 Å². The topological polar surface area (TPSA) is 69.4 Å². The van der Waals surface area contributed by atoms with Gasteiger partial charge in [-0.15, -0.1) is 0 Å². The van der Waals surface area contributed by atoms with Gasteiger partial charge in [-0.1, -0.05) is 0 Å². The molecule has 0 saturated heterocycles. The van der Waals surface area contributed by atoms with E-state index in [2.05, 4.69) is 4.74 Å². The molecule has 0 aliphatic heterocycles. The van der Waals surface area contributed by atoms with Gasteiger partial charge in [-0.3, -0.25) is 14.9 Å². The second-order valence-electron chi connectivity index (χ2n) is 2.94. The van der Waals surface area contributed by atoms with Crippen LogP contribution in [-0.2, 0) is 9.53 Å². The van der Waals surface area contributed by atoms with Gasteiger partial charge in [0.05, 0.1) is 18.5 Å². The molecular weight excluding hydrogens is 238 g/mol. The van der Waals surface area contributed by atoms with Gasteiger partial charge in [0.25, 0.3) is 0 Å². The van der Waals surface area contributed by atoms with Crippen LogP contribution in [0.5, 0.6) is 0 Å². The maximum absolute atomic E-state index is 13.0. The Bertz CT molecular complexity index is 280. The van der Waals surface area contributed by atoms with Crippen molar-refractivity contribution >= 4 is 5.97 Å². The van der Waals surface area contributed by atoms with Crippen LogP contribution in [0.25, 0.3) is 0 Å². The molecule has 0 rings (SSSR count). The summed E-state index contributed by atoms with van der Waals surface area (Å²) in [5.41, 5.74) is 0. The van der Waals surface area contributed by atoms with E-state index in [1.807, 2.05) is 0 Å². The smallest absolute Gasteiger partial charge is 0.469 e. The van der Waals surface area contributed by atoms with Crippen LogP contribution < -0.4 is 0 Å². The fourth-order valence-corrected chi connectivity index (χ4v) is 0.906. The first-order chi connectivity index (χ1) is 7.15. The lowest BCUT2D eigenvalue weighted by Crippen LogP contribution is -2.47. The number of hydrogen-bond donors (Lipinski definition) is 0. The lowest BCUT2D eigenvalue weighted by atomic mass is 10.1. The molecule has 0 radical (unpaired) electrons. The van der Waals surface area contributed by atoms with Gasteiger partial charge >= 0.3 is 17.9 Å². The number of ether oxygens (including phenoxy) is 1. The zero-order valence-corrected chi connectivity index (χ0v) is 8.21. The normalized spacial score (nSPS) is 15.3. The van der Waals surface area contributed by atoms with Crippen LogP contribution in [0.1, 0.15) is 19.3 Å². The number of esters is 1. The highest BCUT2D eigenvalue weighted by atomic mass is 19.4. The van der Waals surface area contributed by atoms with Crippen molar-refractivity contribution in [3.63, 3.8) is 0 Å². The highest BCUT2D eigenvalue weighted by Gasteiger charge is 2.67. The molecule has 0 spiro atoms. The van der Waals surface area contributed by atoms with Crippen molar-refractivity contribution in [2.75, 3.05) is 7.11 Å². The lowest BCUT2D eigenvalue weighted by Gasteiger charge is -2.18. The molecule has 5 nitrogen and oxygen atoms in total. The van der Waals surface area contributed by atoms with Crippen LogP contribution in [0.2, 0.25) is 0 Å². The van der Waals surface area contributed by atoms with Crippen LogP contribution >= 0.6 is 0 Å². The molecule has 0 fully saturated rings. The van der Waals surface area contributed by atoms with Gasteiger partial charge in [-0.2, -0.15) is 17.6 Å². The number of nitro groups is 1. The van der Waals surface area contributed by atoms with E-state index in [1.165, 1.54) is 0 Å². The number of alkyl halides is 4. The van der Waals surface area contributed by atoms with E-state index in [0.717, 1.165) is 7.11 Å². The van der Waals surface area contributed by atoms with E-state index < -0.39 is 42.1 Å². The summed E-state index contributed by atoms with van der Waals surface area (Å²) >= 11 is 0. The SMILES string of the molecule is COC(=O)CCCC(F)([N+](=O)[O-])C(F)(F)F. The Balaban J connectivity index is 4.49. The Morgan fingerprint density at radius 2 is 1.88 bits per heavy atom. The fraction of sp³-hybridized carbons (Fsp3) is 0.857. The third-order valence-electron chi connectivity index (χ3n) is 1.84. The molecular formula is C7H9F4NO4. The Hall–Kier alpha value is -1.41. The first kappa shape index (κ1) is 14.6. The van der Waals surface area contributed by atoms with Crippen molar-refractivity contribution in [2.24, 2.45) is 0 Å². The molecule has 0 aliphatic rings. The predicted molar refractivity (Wildman–Crippen MR) is 42.8 cm³/mol. The van der Waals surface area contributed by atoms with Crippen LogP contribution in [-0.4, -0.2) is 30.0 Å². The van der Waals surface area contributed by atoms with Gasteiger partial charge in [0.1, 0.15) is 0 Å². The van der Waals surface area contributed by atoms with Gasteiger partial charge in [0.15, 0.2) is 0 Å². The summed E-state index contributed by atoms with van der Waals surface area (Å²) in [5, 5.41) is 10.0. The van der Waals surface area contributed by atoms with E-state index in [0.29, 0.717) is 0 Å². The number of rotatable bonds is 5. The zero-order chi connectivity index (χ0) is 13.0. The van der Waals surface area contributed by atoms with Crippen molar-refractivity contribution < 1.29 is 32.0 Å². The molecule has 0 aliphatic carbocycles. The molecule has 0 saturated carbocycles. The predicted octanol–water partition coefficient (Wildman–Crippen LogP) is 1.83. The maximum Gasteiger partial charge on any atom is 0.494 e. The van der Waals surface area contributed by atoms with Crippen molar-refractivity contribution in [3.05, 3.63) is 10.1 Å². The second kappa shape index (κ2) is 5.08. The van der Waals surface area contributed by atoms with E-state index in [4.69, 9.17) is 0 Å². The largest absolute Gasteiger partial charge is 0.494 e. The molecule has 0 aromatic carbocycles. The summed E-state index contributed by atoms with van der Waals surface area (Å²) in [5.74, 6) is -5.37. The number of nitrogens with zero attached hydrogens (tertiary/aromatic N) is 1. The summed E-state index contributed by atoms with van der Waals surface area (Å²) in [6, 6.07) is 0. The molecule has 0 heterocycles. The van der Waals surface area contributed by atoms with Crippen LogP contribution in [0, 0.1) is 10.1 Å². The average molecular weight is 247 g/mol. The molecule has 0 aromatic heterocycles. The molecule has 1 atom stereocenters. The summed E-state index contributed by atoms with van der Waals surface area (Å²) in [4.78, 5) is 18.5. The van der Waals surface area contributed by atoms with Crippen LogP contribution in [0.15, 0.2) is 0 Å². The van der Waals surface area contributed by atoms with Crippen molar-refractivity contribution in [3.8, 4) is 0 Å². The van der Waals surface area contributed by atoms with Crippen molar-refractivity contribution in [2.45, 2.75) is 31.2 Å². The molecule has 94 valence electrons. The number of methoxy groups -OCH3 is 1. The van der Waals surface area contributed by atoms with Crippen LogP contribution in [0.3, 0.4) is 0 Å². The minimum atomic E-state index is -5.60. The van der Waals surface area contributed by atoms with Crippen molar-refractivity contribution in [1.29, 1.82) is 0 Å². The minimum Gasteiger partial charge on any atom is -0.469 e. The number of hydrogen-bond acceptors (Lipinski definition) is 4. The summed E-state index contributed by atoms with van der Waals surface area (Å²) in [6.45, 7) is 0. The number of halogens is 4. The summed E-state index contributed by atoms with van der Waals surface area (Å²) in [6.07, 6.45) is -8.15. The fourth-order valence-electron chi connectivity index (χ4n) is 0.906. The maximum atomic E-state index is 13.0. The van der Waals surface area contributed by atoms with Gasteiger partial charge in [0, 0.05) is 6.42 Å². The second-order valence-corrected chi connectivity index (χ2v) is 2.94. The van der Waals surface area contributed by atoms with Gasteiger partial charge < -0.3 is 4.74 Å². The third kappa shape index (κ3) is 3.31. The third-order valence-corrected chi connectivity index (χ3v) is 1.84. The molecule has 0 aromatic rings. The molecule has 0 bridgehead atoms. The monoisotopic (exact) mass is 247 g/mol.